The Morgan fingerprint density at radius 1 is 0.610 bits per heavy atom. The van der Waals surface area contributed by atoms with Gasteiger partial charge in [0.2, 0.25) is 0 Å². The van der Waals surface area contributed by atoms with Gasteiger partial charge in [0.1, 0.15) is 0 Å². The molecule has 2 heteroatoms. The van der Waals surface area contributed by atoms with Crippen molar-refractivity contribution in [1.82, 2.24) is 0 Å². The number of rotatable bonds is 3. The molecule has 2 aliphatic carbocycles. The average molecular weight is 546 g/mol. The number of aryl methyl sites for hydroxylation is 1. The first-order chi connectivity index (χ1) is 19.7. The SMILES string of the molecule is Cc1cc2ccc(N(c3ccc4c(c3)C(C)(C)c3ccc#cc3-4)c3ccc4c(c3)C(C)(C)c3ccccc3-4)cc2s1. The fourth-order valence-corrected chi connectivity index (χ4v) is 8.20. The van der Waals surface area contributed by atoms with Crippen LogP contribution in [-0.4, -0.2) is 0 Å². The summed E-state index contributed by atoms with van der Waals surface area (Å²) in [6.45, 7) is 11.6. The third kappa shape index (κ3) is 3.43. The number of hydrogen-bond donors (Lipinski definition) is 0. The van der Waals surface area contributed by atoms with Gasteiger partial charge in [-0.05, 0) is 106 Å². The van der Waals surface area contributed by atoms with E-state index in [1.165, 1.54) is 76.5 Å². The molecule has 1 aromatic heterocycles. The minimum absolute atomic E-state index is 0.0592. The van der Waals surface area contributed by atoms with Gasteiger partial charge in [-0.3, -0.25) is 0 Å². The maximum absolute atomic E-state index is 3.40. The first-order valence-electron chi connectivity index (χ1n) is 14.4. The van der Waals surface area contributed by atoms with Crippen LogP contribution < -0.4 is 4.90 Å². The third-order valence-electron chi connectivity index (χ3n) is 9.39. The summed E-state index contributed by atoms with van der Waals surface area (Å²) in [6, 6.07) is 42.9. The molecule has 0 atom stereocenters. The summed E-state index contributed by atoms with van der Waals surface area (Å²) in [6.07, 6.45) is 0. The number of benzene rings is 4. The van der Waals surface area contributed by atoms with Gasteiger partial charge in [-0.1, -0.05) is 82.3 Å². The second-order valence-electron chi connectivity index (χ2n) is 12.6. The summed E-state index contributed by atoms with van der Waals surface area (Å²) in [5.74, 6) is 0. The quantitative estimate of drug-likeness (QED) is 0.214. The van der Waals surface area contributed by atoms with E-state index in [0.717, 1.165) is 0 Å². The van der Waals surface area contributed by atoms with Crippen LogP contribution in [0.25, 0.3) is 32.3 Å². The lowest BCUT2D eigenvalue weighted by Crippen LogP contribution is -2.18. The molecule has 1 nitrogen and oxygen atoms in total. The molecule has 1 heterocycles. The Labute approximate surface area is 246 Å². The van der Waals surface area contributed by atoms with Crippen LogP contribution in [0, 0.1) is 19.1 Å². The van der Waals surface area contributed by atoms with Crippen molar-refractivity contribution in [1.29, 1.82) is 0 Å². The zero-order valence-electron chi connectivity index (χ0n) is 24.1. The summed E-state index contributed by atoms with van der Waals surface area (Å²) in [4.78, 5) is 3.79. The van der Waals surface area contributed by atoms with E-state index in [2.05, 4.69) is 143 Å². The molecule has 0 saturated heterocycles. The summed E-state index contributed by atoms with van der Waals surface area (Å²) in [7, 11) is 0. The van der Waals surface area contributed by atoms with Gasteiger partial charge in [0.05, 0.1) is 0 Å². The van der Waals surface area contributed by atoms with Crippen LogP contribution >= 0.6 is 11.3 Å². The van der Waals surface area contributed by atoms with Gasteiger partial charge in [0.15, 0.2) is 0 Å². The zero-order chi connectivity index (χ0) is 28.1. The van der Waals surface area contributed by atoms with Gasteiger partial charge >= 0.3 is 0 Å². The first-order valence-corrected chi connectivity index (χ1v) is 15.2. The molecule has 0 bridgehead atoms. The smallest absolute Gasteiger partial charge is 0.0476 e. The lowest BCUT2D eigenvalue weighted by Gasteiger charge is -2.29. The minimum Gasteiger partial charge on any atom is -0.310 e. The first kappa shape index (κ1) is 24.5. The molecule has 0 spiro atoms. The maximum Gasteiger partial charge on any atom is 0.0476 e. The normalized spacial score (nSPS) is 15.1. The van der Waals surface area contributed by atoms with Crippen LogP contribution in [0.15, 0.2) is 97.1 Å². The summed E-state index contributed by atoms with van der Waals surface area (Å²) in [5.41, 5.74) is 14.0. The largest absolute Gasteiger partial charge is 0.310 e. The van der Waals surface area contributed by atoms with E-state index in [1.807, 2.05) is 17.4 Å². The van der Waals surface area contributed by atoms with Gasteiger partial charge in [-0.15, -0.1) is 11.3 Å². The van der Waals surface area contributed by atoms with E-state index in [4.69, 9.17) is 0 Å². The van der Waals surface area contributed by atoms with Crippen molar-refractivity contribution in [2.45, 2.75) is 45.4 Å². The number of hydrogen-bond acceptors (Lipinski definition) is 2. The fourth-order valence-electron chi connectivity index (χ4n) is 7.24. The van der Waals surface area contributed by atoms with Crippen molar-refractivity contribution in [2.24, 2.45) is 0 Å². The van der Waals surface area contributed by atoms with Gasteiger partial charge in [-0.25, -0.2) is 0 Å². The molecule has 0 unspecified atom stereocenters. The van der Waals surface area contributed by atoms with Crippen molar-refractivity contribution in [3.63, 3.8) is 0 Å². The molecule has 198 valence electrons. The van der Waals surface area contributed by atoms with Crippen LogP contribution in [0.1, 0.15) is 54.8 Å². The fraction of sp³-hybridized carbons (Fsp3) is 0.179. The summed E-state index contributed by atoms with van der Waals surface area (Å²) >= 11 is 1.86. The van der Waals surface area contributed by atoms with E-state index >= 15 is 0 Å². The van der Waals surface area contributed by atoms with Crippen molar-refractivity contribution >= 4 is 38.5 Å². The van der Waals surface area contributed by atoms with Crippen LogP contribution in [0.4, 0.5) is 17.1 Å². The molecule has 0 amide bonds. The lowest BCUT2D eigenvalue weighted by atomic mass is 9.82. The van der Waals surface area contributed by atoms with E-state index in [9.17, 15) is 0 Å². The van der Waals surface area contributed by atoms with E-state index < -0.39 is 0 Å². The van der Waals surface area contributed by atoms with Crippen molar-refractivity contribution in [3.05, 3.63) is 136 Å². The Morgan fingerprint density at radius 2 is 1.24 bits per heavy atom. The highest BCUT2D eigenvalue weighted by Gasteiger charge is 2.37. The minimum atomic E-state index is -0.103. The Hall–Kier alpha value is -4.32. The molecule has 5 aromatic carbocycles. The highest BCUT2D eigenvalue weighted by molar-refractivity contribution is 7.19. The van der Waals surface area contributed by atoms with Crippen molar-refractivity contribution in [3.8, 4) is 22.3 Å². The van der Waals surface area contributed by atoms with E-state index in [0.29, 0.717) is 0 Å². The average Bonchev–Trinajstić information content (AvgIpc) is 3.54. The highest BCUT2D eigenvalue weighted by atomic mass is 32.1. The topological polar surface area (TPSA) is 3.24 Å². The Bertz CT molecular complexity index is 1910. The lowest BCUT2D eigenvalue weighted by molar-refractivity contribution is 0.660. The second kappa shape index (κ2) is 8.35. The Kier molecular flexibility index (Phi) is 4.99. The summed E-state index contributed by atoms with van der Waals surface area (Å²) in [5, 5.41) is 1.30. The summed E-state index contributed by atoms with van der Waals surface area (Å²) < 4.78 is 1.32. The molecule has 0 aliphatic heterocycles. The number of fused-ring (bicyclic) bond motifs is 7. The molecule has 0 fully saturated rings. The molecule has 41 heavy (non-hydrogen) atoms. The van der Waals surface area contributed by atoms with Crippen molar-refractivity contribution in [2.75, 3.05) is 4.90 Å². The molecular weight excluding hydrogens is 515 g/mol. The van der Waals surface area contributed by atoms with Crippen LogP contribution in [0.5, 0.6) is 0 Å². The van der Waals surface area contributed by atoms with E-state index in [-0.39, 0.29) is 10.8 Å². The second-order valence-corrected chi connectivity index (χ2v) is 13.8. The standard InChI is InChI=1S/C39H31NS/c1-24-20-25-14-15-28(23-37(25)41-24)40(26-16-18-31-29-10-6-8-12-33(29)38(2,3)35(31)21-26)27-17-19-32-30-11-7-9-13-34(30)39(4,5)36(32)22-27/h6,8-10,12-23H,1-5H3. The molecule has 0 saturated carbocycles. The third-order valence-corrected chi connectivity index (χ3v) is 10.4. The zero-order valence-corrected chi connectivity index (χ0v) is 24.9. The molecule has 0 radical (unpaired) electrons. The molecule has 8 rings (SSSR count). The highest BCUT2D eigenvalue weighted by Crippen LogP contribution is 2.52. The Morgan fingerprint density at radius 3 is 2.05 bits per heavy atom. The molecule has 6 aromatic rings. The van der Waals surface area contributed by atoms with Crippen LogP contribution in [0.3, 0.4) is 0 Å². The van der Waals surface area contributed by atoms with Crippen LogP contribution in [-0.2, 0) is 10.8 Å². The van der Waals surface area contributed by atoms with Gasteiger partial charge < -0.3 is 4.90 Å². The molecule has 2 aliphatic rings. The number of anilines is 3. The Balaban J connectivity index is 1.34. The van der Waals surface area contributed by atoms with Crippen molar-refractivity contribution < 1.29 is 0 Å². The molecular formula is C39H31NS. The number of thiophene rings is 1. The van der Waals surface area contributed by atoms with E-state index in [1.54, 1.807) is 0 Å². The monoisotopic (exact) mass is 545 g/mol. The predicted octanol–water partition coefficient (Wildman–Crippen LogP) is 10.9. The van der Waals surface area contributed by atoms with Gasteiger partial charge in [-0.2, -0.15) is 0 Å². The predicted molar refractivity (Wildman–Crippen MR) is 174 cm³/mol. The molecule has 0 N–H and O–H groups in total. The number of nitrogens with zero attached hydrogens (tertiary/aromatic N) is 1. The maximum atomic E-state index is 3.40. The van der Waals surface area contributed by atoms with Gasteiger partial charge in [0.25, 0.3) is 0 Å². The van der Waals surface area contributed by atoms with Crippen LogP contribution in [0.2, 0.25) is 0 Å². The van der Waals surface area contributed by atoms with Gasteiger partial charge in [0, 0.05) is 43.0 Å².